The van der Waals surface area contributed by atoms with Crippen molar-refractivity contribution in [3.05, 3.63) is 0 Å². The van der Waals surface area contributed by atoms with Gasteiger partial charge in [-0.1, -0.05) is 233 Å². The molecular weight excluding hydrogens is 633 g/mol. The quantitative estimate of drug-likeness (QED) is 0.0501. The average molecular weight is 723 g/mol. The molecule has 0 saturated carbocycles. The highest BCUT2D eigenvalue weighted by Gasteiger charge is 2.12. The third-order valence-corrected chi connectivity index (χ3v) is 10.5. The van der Waals surface area contributed by atoms with E-state index < -0.39 is 6.10 Å². The Hall–Kier alpha value is -1.10. The third-order valence-electron chi connectivity index (χ3n) is 10.5. The molecular formula is C46H90O5. The lowest BCUT2D eigenvalue weighted by molar-refractivity contribution is -0.152. The maximum Gasteiger partial charge on any atom is 0.305 e. The second kappa shape index (κ2) is 41.7. The van der Waals surface area contributed by atoms with E-state index in [1.165, 1.54) is 199 Å². The van der Waals surface area contributed by atoms with Crippen LogP contribution in [0.2, 0.25) is 0 Å². The molecule has 0 radical (unpaired) electrons. The molecule has 0 aromatic heterocycles. The molecule has 0 rings (SSSR count). The van der Waals surface area contributed by atoms with E-state index in [0.717, 1.165) is 31.6 Å². The zero-order chi connectivity index (χ0) is 37.3. The van der Waals surface area contributed by atoms with Crippen LogP contribution in [-0.4, -0.2) is 36.4 Å². The number of aliphatic hydroxyl groups is 1. The summed E-state index contributed by atoms with van der Waals surface area (Å²) in [6, 6.07) is 0. The molecule has 51 heavy (non-hydrogen) atoms. The van der Waals surface area contributed by atoms with Crippen LogP contribution in [-0.2, 0) is 19.1 Å². The maximum absolute atomic E-state index is 12.0. The summed E-state index contributed by atoms with van der Waals surface area (Å²) in [5.74, 6) is 0.313. The molecule has 0 aliphatic carbocycles. The Kier molecular flexibility index (Phi) is 40.8. The second-order valence-corrected chi connectivity index (χ2v) is 16.4. The number of carbonyl (C=O) groups excluding carboxylic acids is 2. The van der Waals surface area contributed by atoms with Gasteiger partial charge < -0.3 is 14.6 Å². The van der Waals surface area contributed by atoms with Crippen LogP contribution in [0.15, 0.2) is 0 Å². The summed E-state index contributed by atoms with van der Waals surface area (Å²) in [5.41, 5.74) is 0. The maximum atomic E-state index is 12.0. The van der Waals surface area contributed by atoms with Gasteiger partial charge in [0, 0.05) is 12.8 Å². The van der Waals surface area contributed by atoms with Crippen LogP contribution in [0.5, 0.6) is 0 Å². The van der Waals surface area contributed by atoms with Gasteiger partial charge in [0.05, 0.1) is 0 Å². The fourth-order valence-corrected chi connectivity index (χ4v) is 7.04. The summed E-state index contributed by atoms with van der Waals surface area (Å²) < 4.78 is 10.4. The van der Waals surface area contributed by atoms with Gasteiger partial charge >= 0.3 is 11.9 Å². The molecule has 0 bridgehead atoms. The largest absolute Gasteiger partial charge is 0.463 e. The van der Waals surface area contributed by atoms with Gasteiger partial charge in [0.1, 0.15) is 19.3 Å². The van der Waals surface area contributed by atoms with Crippen LogP contribution in [0.3, 0.4) is 0 Å². The van der Waals surface area contributed by atoms with Crippen molar-refractivity contribution in [2.75, 3.05) is 13.2 Å². The minimum absolute atomic E-state index is 0.107. The van der Waals surface area contributed by atoms with Crippen LogP contribution >= 0.6 is 0 Å². The first-order valence-corrected chi connectivity index (χ1v) is 22.9. The minimum Gasteiger partial charge on any atom is -0.463 e. The van der Waals surface area contributed by atoms with Gasteiger partial charge in [-0.2, -0.15) is 0 Å². The van der Waals surface area contributed by atoms with Crippen molar-refractivity contribution in [3.63, 3.8) is 0 Å². The molecule has 0 unspecified atom stereocenters. The highest BCUT2D eigenvalue weighted by atomic mass is 16.6. The van der Waals surface area contributed by atoms with Gasteiger partial charge in [-0.25, -0.2) is 0 Å². The molecule has 0 fully saturated rings. The number of ether oxygens (including phenoxy) is 2. The van der Waals surface area contributed by atoms with E-state index in [9.17, 15) is 14.7 Å². The van der Waals surface area contributed by atoms with Gasteiger partial charge in [-0.15, -0.1) is 0 Å². The Labute approximate surface area is 319 Å². The van der Waals surface area contributed by atoms with Crippen molar-refractivity contribution >= 4 is 11.9 Å². The summed E-state index contributed by atoms with van der Waals surface area (Å²) in [7, 11) is 0. The number of unbranched alkanes of at least 4 members (excludes halogenated alkanes) is 32. The topological polar surface area (TPSA) is 72.8 Å². The summed E-state index contributed by atoms with van der Waals surface area (Å²) in [6.07, 6.45) is 46.0. The Morgan fingerprint density at radius 3 is 0.882 bits per heavy atom. The molecule has 0 aliphatic heterocycles. The first-order valence-electron chi connectivity index (χ1n) is 22.9. The lowest BCUT2D eigenvalue weighted by atomic mass is 10.0. The molecule has 5 heteroatoms. The van der Waals surface area contributed by atoms with Crippen molar-refractivity contribution in [1.82, 2.24) is 0 Å². The van der Waals surface area contributed by atoms with E-state index in [1.54, 1.807) is 0 Å². The van der Waals surface area contributed by atoms with Gasteiger partial charge in [0.2, 0.25) is 0 Å². The number of hydrogen-bond acceptors (Lipinski definition) is 5. The van der Waals surface area contributed by atoms with Gasteiger partial charge in [-0.05, 0) is 18.8 Å². The molecule has 5 nitrogen and oxygen atoms in total. The third kappa shape index (κ3) is 43.2. The zero-order valence-corrected chi connectivity index (χ0v) is 34.8. The number of esters is 2. The standard InChI is InChI=1S/C46H90O5/c1-4-5-6-7-8-9-10-11-12-13-14-18-21-24-27-30-33-36-39-45(48)50-41-44(47)42-51-46(49)40-37-34-31-28-25-22-19-16-15-17-20-23-26-29-32-35-38-43(2)3/h43-44,47H,4-42H2,1-3H3/t44-/m1/s1. The van der Waals surface area contributed by atoms with Crippen LogP contribution in [0.25, 0.3) is 0 Å². The van der Waals surface area contributed by atoms with Crippen molar-refractivity contribution < 1.29 is 24.2 Å². The zero-order valence-electron chi connectivity index (χ0n) is 34.8. The average Bonchev–Trinajstić information content (AvgIpc) is 3.11. The SMILES string of the molecule is CCCCCCCCCCCCCCCCCCCCC(=O)OC[C@@H](O)COC(=O)CCCCCCCCCCCCCCCCCCC(C)C. The lowest BCUT2D eigenvalue weighted by Gasteiger charge is -2.12. The van der Waals surface area contributed by atoms with E-state index in [1.807, 2.05) is 0 Å². The highest BCUT2D eigenvalue weighted by Crippen LogP contribution is 2.17. The van der Waals surface area contributed by atoms with Gasteiger partial charge in [-0.3, -0.25) is 9.59 Å². The number of rotatable bonds is 42. The van der Waals surface area contributed by atoms with E-state index in [2.05, 4.69) is 20.8 Å². The molecule has 0 amide bonds. The van der Waals surface area contributed by atoms with Crippen molar-refractivity contribution in [2.45, 2.75) is 264 Å². The molecule has 0 aromatic carbocycles. The molecule has 0 saturated heterocycles. The summed E-state index contributed by atoms with van der Waals surface area (Å²) in [5, 5.41) is 10.1. The highest BCUT2D eigenvalue weighted by molar-refractivity contribution is 5.69. The minimum atomic E-state index is -0.956. The predicted octanol–water partition coefficient (Wildman–Crippen LogP) is 14.5. The number of carbonyl (C=O) groups is 2. The van der Waals surface area contributed by atoms with Crippen LogP contribution < -0.4 is 0 Å². The summed E-state index contributed by atoms with van der Waals surface area (Å²) in [6.45, 7) is 6.71. The van der Waals surface area contributed by atoms with Crippen molar-refractivity contribution in [2.24, 2.45) is 5.92 Å². The Morgan fingerprint density at radius 1 is 0.392 bits per heavy atom. The molecule has 1 atom stereocenters. The van der Waals surface area contributed by atoms with Gasteiger partial charge in [0.15, 0.2) is 0 Å². The monoisotopic (exact) mass is 723 g/mol. The smallest absolute Gasteiger partial charge is 0.305 e. The molecule has 0 aliphatic rings. The van der Waals surface area contributed by atoms with Gasteiger partial charge in [0.25, 0.3) is 0 Å². The first kappa shape index (κ1) is 49.9. The molecule has 1 N–H and O–H groups in total. The Morgan fingerprint density at radius 2 is 0.627 bits per heavy atom. The van der Waals surface area contributed by atoms with Crippen molar-refractivity contribution in [1.29, 1.82) is 0 Å². The number of aliphatic hydroxyl groups excluding tert-OH is 1. The molecule has 0 aromatic rings. The van der Waals surface area contributed by atoms with E-state index in [-0.39, 0.29) is 25.2 Å². The normalized spacial score (nSPS) is 12.1. The summed E-state index contributed by atoms with van der Waals surface area (Å²) >= 11 is 0. The Bertz CT molecular complexity index is 708. The fraction of sp³-hybridized carbons (Fsp3) is 0.957. The second-order valence-electron chi connectivity index (χ2n) is 16.4. The fourth-order valence-electron chi connectivity index (χ4n) is 7.04. The van der Waals surface area contributed by atoms with E-state index in [4.69, 9.17) is 9.47 Å². The Balaban J connectivity index is 3.35. The van der Waals surface area contributed by atoms with E-state index in [0.29, 0.717) is 12.8 Å². The first-order chi connectivity index (χ1) is 25.0. The van der Waals surface area contributed by atoms with Crippen LogP contribution in [0, 0.1) is 5.92 Å². The van der Waals surface area contributed by atoms with Crippen molar-refractivity contribution in [3.8, 4) is 0 Å². The van der Waals surface area contributed by atoms with Crippen LogP contribution in [0.1, 0.15) is 258 Å². The predicted molar refractivity (Wildman–Crippen MR) is 219 cm³/mol. The molecule has 0 heterocycles. The number of hydrogen-bond donors (Lipinski definition) is 1. The summed E-state index contributed by atoms with van der Waals surface area (Å²) in [4.78, 5) is 24.0. The molecule has 0 spiro atoms. The van der Waals surface area contributed by atoms with Crippen LogP contribution in [0.4, 0.5) is 0 Å². The van der Waals surface area contributed by atoms with E-state index >= 15 is 0 Å². The lowest BCUT2D eigenvalue weighted by Crippen LogP contribution is -2.25. The molecule has 304 valence electrons.